The van der Waals surface area contributed by atoms with Gasteiger partial charge in [0.25, 0.3) is 0 Å². The molecule has 1 aromatic rings. The normalized spacial score (nSPS) is 23.1. The Morgan fingerprint density at radius 2 is 2.00 bits per heavy atom. The van der Waals surface area contributed by atoms with Crippen molar-refractivity contribution in [1.29, 1.82) is 0 Å². The van der Waals surface area contributed by atoms with Crippen LogP contribution in [0, 0.1) is 5.92 Å². The number of aliphatic hydroxyl groups is 1. The van der Waals surface area contributed by atoms with Crippen LogP contribution >= 0.6 is 23.2 Å². The topological polar surface area (TPSA) is 49.2 Å². The van der Waals surface area contributed by atoms with Gasteiger partial charge < -0.3 is 10.0 Å². The van der Waals surface area contributed by atoms with Gasteiger partial charge in [-0.2, -0.15) is 0 Å². The Kier molecular flexibility index (Phi) is 2.28. The van der Waals surface area contributed by atoms with Crippen LogP contribution in [-0.2, 0) is 0 Å². The number of aromatic nitrogens is 2. The average molecular weight is 260 g/mol. The van der Waals surface area contributed by atoms with Crippen molar-refractivity contribution in [2.75, 3.05) is 18.0 Å². The van der Waals surface area contributed by atoms with Gasteiger partial charge in [0.05, 0.1) is 5.69 Å². The van der Waals surface area contributed by atoms with Crippen molar-refractivity contribution in [2.24, 2.45) is 5.92 Å². The largest absolute Gasteiger partial charge is 0.386 e. The zero-order valence-electron chi connectivity index (χ0n) is 8.53. The highest BCUT2D eigenvalue weighted by Crippen LogP contribution is 2.46. The molecule has 2 aliphatic rings. The number of hydrogen-bond acceptors (Lipinski definition) is 4. The lowest BCUT2D eigenvalue weighted by atomic mass is 9.88. The van der Waals surface area contributed by atoms with Crippen molar-refractivity contribution >= 4 is 28.9 Å². The molecule has 0 spiro atoms. The number of anilines is 1. The predicted molar refractivity (Wildman–Crippen MR) is 61.9 cm³/mol. The van der Waals surface area contributed by atoms with Gasteiger partial charge in [-0.3, -0.25) is 0 Å². The van der Waals surface area contributed by atoms with Crippen LogP contribution < -0.4 is 4.90 Å². The van der Waals surface area contributed by atoms with Gasteiger partial charge in [-0.25, -0.2) is 0 Å². The second-order valence-electron chi connectivity index (χ2n) is 4.58. The number of rotatable bonds is 2. The molecule has 0 radical (unpaired) electrons. The zero-order chi connectivity index (χ0) is 11.3. The smallest absolute Gasteiger partial charge is 0.175 e. The molecule has 0 bridgehead atoms. The lowest BCUT2D eigenvalue weighted by Crippen LogP contribution is -2.63. The van der Waals surface area contributed by atoms with Crippen LogP contribution in [0.15, 0.2) is 6.07 Å². The van der Waals surface area contributed by atoms with E-state index in [4.69, 9.17) is 23.2 Å². The Balaban J connectivity index is 1.77. The summed E-state index contributed by atoms with van der Waals surface area (Å²) < 4.78 is 0. The van der Waals surface area contributed by atoms with E-state index in [1.807, 2.05) is 4.90 Å². The summed E-state index contributed by atoms with van der Waals surface area (Å²) in [4.78, 5) is 1.99. The molecule has 2 fully saturated rings. The first-order valence-corrected chi connectivity index (χ1v) is 6.00. The van der Waals surface area contributed by atoms with E-state index in [0.29, 0.717) is 29.3 Å². The van der Waals surface area contributed by atoms with Crippen LogP contribution in [-0.4, -0.2) is 34.0 Å². The van der Waals surface area contributed by atoms with Crippen LogP contribution in [0.25, 0.3) is 0 Å². The fraction of sp³-hybridized carbons (Fsp3) is 0.600. The van der Waals surface area contributed by atoms with Gasteiger partial charge in [0.2, 0.25) is 0 Å². The summed E-state index contributed by atoms with van der Waals surface area (Å²) in [5, 5.41) is 18.3. The van der Waals surface area contributed by atoms with E-state index >= 15 is 0 Å². The standard InChI is InChI=1S/C10H11Cl2N3O/c11-8-3-7(9(12)14-13-8)15-4-10(16,5-15)6-1-2-6/h3,6,16H,1-2,4-5H2. The first kappa shape index (κ1) is 10.6. The van der Waals surface area contributed by atoms with E-state index < -0.39 is 5.60 Å². The Morgan fingerprint density at radius 3 is 2.62 bits per heavy atom. The molecule has 0 aromatic carbocycles. The van der Waals surface area contributed by atoms with Crippen LogP contribution in [0.2, 0.25) is 10.3 Å². The van der Waals surface area contributed by atoms with Crippen molar-refractivity contribution in [2.45, 2.75) is 18.4 Å². The van der Waals surface area contributed by atoms with E-state index in [9.17, 15) is 5.11 Å². The maximum absolute atomic E-state index is 10.2. The van der Waals surface area contributed by atoms with Gasteiger partial charge >= 0.3 is 0 Å². The van der Waals surface area contributed by atoms with E-state index in [1.54, 1.807) is 6.07 Å². The van der Waals surface area contributed by atoms with Crippen molar-refractivity contribution in [3.63, 3.8) is 0 Å². The summed E-state index contributed by atoms with van der Waals surface area (Å²) in [6, 6.07) is 1.68. The van der Waals surface area contributed by atoms with Gasteiger partial charge in [0, 0.05) is 19.2 Å². The first-order chi connectivity index (χ1) is 7.58. The monoisotopic (exact) mass is 259 g/mol. The lowest BCUT2D eigenvalue weighted by Gasteiger charge is -2.48. The lowest BCUT2D eigenvalue weighted by molar-refractivity contribution is -0.00933. The van der Waals surface area contributed by atoms with Gasteiger partial charge in [0.1, 0.15) is 5.60 Å². The van der Waals surface area contributed by atoms with Gasteiger partial charge in [-0.1, -0.05) is 23.2 Å². The Labute approximate surface area is 103 Å². The van der Waals surface area contributed by atoms with Crippen LogP contribution in [0.4, 0.5) is 5.69 Å². The Bertz CT molecular complexity index is 430. The summed E-state index contributed by atoms with van der Waals surface area (Å²) >= 11 is 11.7. The fourth-order valence-corrected chi connectivity index (χ4v) is 2.58. The molecule has 1 aromatic heterocycles. The van der Waals surface area contributed by atoms with Crippen molar-refractivity contribution in [1.82, 2.24) is 10.2 Å². The van der Waals surface area contributed by atoms with Gasteiger partial charge in [-0.05, 0) is 18.8 Å². The quantitative estimate of drug-likeness (QED) is 0.880. The number of hydrogen-bond donors (Lipinski definition) is 1. The molecule has 1 saturated heterocycles. The van der Waals surface area contributed by atoms with Crippen LogP contribution in [0.5, 0.6) is 0 Å². The van der Waals surface area contributed by atoms with E-state index in [1.165, 1.54) is 0 Å². The predicted octanol–water partition coefficient (Wildman–Crippen LogP) is 1.74. The van der Waals surface area contributed by atoms with Crippen molar-refractivity contribution in [3.8, 4) is 0 Å². The first-order valence-electron chi connectivity index (χ1n) is 5.24. The molecule has 1 aliphatic carbocycles. The van der Waals surface area contributed by atoms with E-state index in [-0.39, 0.29) is 0 Å². The molecule has 1 N–H and O–H groups in total. The summed E-state index contributed by atoms with van der Waals surface area (Å²) in [7, 11) is 0. The number of β-amino-alcohol motifs (C(OH)–C–C–N with tert-alkyl or cyclic N) is 1. The third kappa shape index (κ3) is 1.65. The third-order valence-corrected chi connectivity index (χ3v) is 3.76. The summed E-state index contributed by atoms with van der Waals surface area (Å²) in [6.45, 7) is 1.22. The van der Waals surface area contributed by atoms with Gasteiger partial charge in [-0.15, -0.1) is 10.2 Å². The molecular weight excluding hydrogens is 249 g/mol. The summed E-state index contributed by atoms with van der Waals surface area (Å²) in [5.41, 5.74) is 0.228. The van der Waals surface area contributed by atoms with E-state index in [2.05, 4.69) is 10.2 Å². The fourth-order valence-electron chi connectivity index (χ4n) is 2.23. The third-order valence-electron chi connectivity index (χ3n) is 3.31. The number of nitrogens with zero attached hydrogens (tertiary/aromatic N) is 3. The molecule has 1 aliphatic heterocycles. The minimum atomic E-state index is -0.529. The molecule has 16 heavy (non-hydrogen) atoms. The molecule has 2 heterocycles. The highest BCUT2D eigenvalue weighted by molar-refractivity contribution is 6.33. The molecule has 0 amide bonds. The highest BCUT2D eigenvalue weighted by atomic mass is 35.5. The zero-order valence-corrected chi connectivity index (χ0v) is 10.0. The van der Waals surface area contributed by atoms with Crippen LogP contribution in [0.1, 0.15) is 12.8 Å². The molecule has 86 valence electrons. The second kappa shape index (κ2) is 3.45. The van der Waals surface area contributed by atoms with Crippen molar-refractivity contribution in [3.05, 3.63) is 16.4 Å². The summed E-state index contributed by atoms with van der Waals surface area (Å²) in [5.74, 6) is 0.466. The minimum absolute atomic E-state index is 0.321. The molecule has 3 rings (SSSR count). The molecule has 0 unspecified atom stereocenters. The molecular formula is C10H11Cl2N3O. The van der Waals surface area contributed by atoms with Crippen LogP contribution in [0.3, 0.4) is 0 Å². The highest BCUT2D eigenvalue weighted by Gasteiger charge is 2.52. The number of halogens is 2. The van der Waals surface area contributed by atoms with Gasteiger partial charge in [0.15, 0.2) is 10.3 Å². The molecule has 1 saturated carbocycles. The SMILES string of the molecule is OC1(C2CC2)CN(c2cc(Cl)nnc2Cl)C1. The Morgan fingerprint density at radius 1 is 1.31 bits per heavy atom. The Hall–Kier alpha value is -0.580. The van der Waals surface area contributed by atoms with Crippen molar-refractivity contribution < 1.29 is 5.11 Å². The maximum Gasteiger partial charge on any atom is 0.175 e. The van der Waals surface area contributed by atoms with E-state index in [0.717, 1.165) is 18.5 Å². The molecule has 4 nitrogen and oxygen atoms in total. The summed E-state index contributed by atoms with van der Waals surface area (Å²) in [6.07, 6.45) is 2.26. The maximum atomic E-state index is 10.2. The molecule has 0 atom stereocenters. The minimum Gasteiger partial charge on any atom is -0.386 e. The second-order valence-corrected chi connectivity index (χ2v) is 5.32. The molecule has 6 heteroatoms. The average Bonchev–Trinajstić information content (AvgIpc) is 3.01.